The smallest absolute Gasteiger partial charge is 0.301 e. The van der Waals surface area contributed by atoms with Gasteiger partial charge in [0.25, 0.3) is 5.78 Å². The number of halogens is 1. The van der Waals surface area contributed by atoms with Gasteiger partial charge in [-0.3, -0.25) is 14.5 Å². The summed E-state index contributed by atoms with van der Waals surface area (Å²) >= 11 is 7.42. The Bertz CT molecular complexity index is 1480. The molecule has 8 heteroatoms. The zero-order valence-corrected chi connectivity index (χ0v) is 21.1. The van der Waals surface area contributed by atoms with Crippen molar-refractivity contribution < 1.29 is 19.4 Å². The topological polar surface area (TPSA) is 79.7 Å². The summed E-state index contributed by atoms with van der Waals surface area (Å²) in [6.07, 6.45) is 1.91. The van der Waals surface area contributed by atoms with Crippen LogP contribution in [-0.4, -0.2) is 28.4 Å². The van der Waals surface area contributed by atoms with E-state index < -0.39 is 17.7 Å². The highest BCUT2D eigenvalue weighted by Crippen LogP contribution is 2.45. The first-order valence-corrected chi connectivity index (χ1v) is 12.8. The van der Waals surface area contributed by atoms with Crippen molar-refractivity contribution in [3.8, 4) is 5.75 Å². The minimum absolute atomic E-state index is 0.00852. The molecule has 2 heterocycles. The second kappa shape index (κ2) is 10.1. The number of thiazole rings is 1. The van der Waals surface area contributed by atoms with Crippen molar-refractivity contribution in [2.75, 3.05) is 11.5 Å². The predicted octanol–water partition coefficient (Wildman–Crippen LogP) is 6.75. The molecular weight excluding hydrogens is 496 g/mol. The molecule has 1 amide bonds. The van der Waals surface area contributed by atoms with Crippen molar-refractivity contribution in [1.82, 2.24) is 4.98 Å². The highest BCUT2D eigenvalue weighted by molar-refractivity contribution is 7.22. The molecule has 1 N–H and O–H groups in total. The number of rotatable bonds is 7. The van der Waals surface area contributed by atoms with E-state index in [9.17, 15) is 14.7 Å². The van der Waals surface area contributed by atoms with E-state index in [1.807, 2.05) is 30.3 Å². The van der Waals surface area contributed by atoms with Gasteiger partial charge in [0.2, 0.25) is 0 Å². The fourth-order valence-corrected chi connectivity index (χ4v) is 5.46. The van der Waals surface area contributed by atoms with E-state index in [0.717, 1.165) is 17.5 Å². The molecule has 0 spiro atoms. The summed E-state index contributed by atoms with van der Waals surface area (Å²) in [4.78, 5) is 32.8. The third kappa shape index (κ3) is 4.47. The fraction of sp³-hybridized carbons (Fsp3) is 0.179. The molecule has 1 aliphatic heterocycles. The van der Waals surface area contributed by atoms with Crippen LogP contribution < -0.4 is 9.64 Å². The maximum Gasteiger partial charge on any atom is 0.301 e. The average Bonchev–Trinajstić information content (AvgIpc) is 3.42. The Hall–Kier alpha value is -3.68. The Morgan fingerprint density at radius 1 is 1.08 bits per heavy atom. The highest BCUT2D eigenvalue weighted by atomic mass is 35.5. The van der Waals surface area contributed by atoms with Gasteiger partial charge in [-0.15, -0.1) is 0 Å². The molecule has 0 radical (unpaired) electrons. The normalized spacial score (nSPS) is 17.2. The summed E-state index contributed by atoms with van der Waals surface area (Å²) in [5, 5.41) is 12.1. The molecule has 6 nitrogen and oxygen atoms in total. The zero-order valence-electron chi connectivity index (χ0n) is 19.5. The van der Waals surface area contributed by atoms with Gasteiger partial charge >= 0.3 is 5.91 Å². The van der Waals surface area contributed by atoms with Crippen LogP contribution in [0.25, 0.3) is 16.0 Å². The summed E-state index contributed by atoms with van der Waals surface area (Å²) in [6, 6.07) is 20.4. The van der Waals surface area contributed by atoms with Gasteiger partial charge in [0.15, 0.2) is 5.13 Å². The summed E-state index contributed by atoms with van der Waals surface area (Å²) < 4.78 is 6.68. The van der Waals surface area contributed by atoms with Crippen LogP contribution in [0.3, 0.4) is 0 Å². The first-order chi connectivity index (χ1) is 17.5. The van der Waals surface area contributed by atoms with Crippen LogP contribution in [0.5, 0.6) is 5.75 Å². The Morgan fingerprint density at radius 2 is 1.89 bits per heavy atom. The van der Waals surface area contributed by atoms with Crippen LogP contribution in [0.2, 0.25) is 5.02 Å². The van der Waals surface area contributed by atoms with Gasteiger partial charge in [0, 0.05) is 10.6 Å². The van der Waals surface area contributed by atoms with E-state index in [1.165, 1.54) is 16.2 Å². The number of aliphatic hydroxyl groups is 1. The summed E-state index contributed by atoms with van der Waals surface area (Å²) in [7, 11) is 0. The van der Waals surface area contributed by atoms with Crippen molar-refractivity contribution in [3.63, 3.8) is 0 Å². The number of aromatic nitrogens is 1. The average molecular weight is 519 g/mol. The van der Waals surface area contributed by atoms with Gasteiger partial charge in [0.05, 0.1) is 28.4 Å². The monoisotopic (exact) mass is 518 g/mol. The number of Topliss-reactive ketones (excluding diaryl/α,β-unsaturated/α-hetero) is 1. The van der Waals surface area contributed by atoms with Gasteiger partial charge < -0.3 is 9.84 Å². The lowest BCUT2D eigenvalue weighted by atomic mass is 9.95. The third-order valence-corrected chi connectivity index (χ3v) is 7.23. The summed E-state index contributed by atoms with van der Waals surface area (Å²) in [5.74, 6) is -1.12. The number of carbonyl (C=O) groups is 2. The van der Waals surface area contributed by atoms with Crippen molar-refractivity contribution >= 4 is 55.7 Å². The van der Waals surface area contributed by atoms with E-state index in [1.54, 1.807) is 42.5 Å². The van der Waals surface area contributed by atoms with Gasteiger partial charge in [-0.2, -0.15) is 0 Å². The number of ketones is 1. The Labute approximate surface area is 217 Å². The van der Waals surface area contributed by atoms with Crippen molar-refractivity contribution in [1.29, 1.82) is 0 Å². The molecule has 0 saturated carbocycles. The lowest BCUT2D eigenvalue weighted by molar-refractivity contribution is -0.132. The van der Waals surface area contributed by atoms with Crippen LogP contribution >= 0.6 is 22.9 Å². The largest absolute Gasteiger partial charge is 0.507 e. The molecule has 1 atom stereocenters. The molecule has 1 aliphatic rings. The number of aliphatic hydroxyl groups excluding tert-OH is 1. The van der Waals surface area contributed by atoms with E-state index in [2.05, 4.69) is 11.9 Å². The third-order valence-electron chi connectivity index (χ3n) is 5.98. The number of carbonyl (C=O) groups excluding carboxylic acids is 2. The van der Waals surface area contributed by atoms with E-state index in [4.69, 9.17) is 16.3 Å². The lowest BCUT2D eigenvalue weighted by Crippen LogP contribution is -2.29. The maximum atomic E-state index is 13.4. The number of anilines is 1. The number of hydrogen-bond acceptors (Lipinski definition) is 6. The first-order valence-electron chi connectivity index (χ1n) is 11.6. The second-order valence-corrected chi connectivity index (χ2v) is 9.86. The van der Waals surface area contributed by atoms with Crippen molar-refractivity contribution in [2.45, 2.75) is 25.8 Å². The van der Waals surface area contributed by atoms with Gasteiger partial charge in [-0.25, -0.2) is 4.98 Å². The van der Waals surface area contributed by atoms with Crippen LogP contribution in [0.1, 0.15) is 36.9 Å². The predicted molar refractivity (Wildman–Crippen MR) is 143 cm³/mol. The molecule has 0 aliphatic carbocycles. The van der Waals surface area contributed by atoms with Crippen molar-refractivity contribution in [2.24, 2.45) is 0 Å². The number of amides is 1. The Kier molecular flexibility index (Phi) is 6.76. The highest BCUT2D eigenvalue weighted by Gasteiger charge is 2.48. The molecule has 4 aromatic rings. The molecule has 36 heavy (non-hydrogen) atoms. The summed E-state index contributed by atoms with van der Waals surface area (Å²) in [6.45, 7) is 2.64. The number of unbranched alkanes of at least 4 members (excludes halogenated alkanes) is 1. The number of ether oxygens (including phenoxy) is 1. The van der Waals surface area contributed by atoms with E-state index in [-0.39, 0.29) is 11.3 Å². The second-order valence-electron chi connectivity index (χ2n) is 8.42. The minimum atomic E-state index is -0.879. The van der Waals surface area contributed by atoms with Crippen LogP contribution in [-0.2, 0) is 9.59 Å². The SMILES string of the molecule is CCCCOc1cccc(C2C(=C(O)c3ccccc3)C(=O)C(=O)N2c2nc3ccc(Cl)cc3s2)c1. The lowest BCUT2D eigenvalue weighted by Gasteiger charge is -2.23. The number of hydrogen-bond donors (Lipinski definition) is 1. The fourth-order valence-electron chi connectivity index (χ4n) is 4.19. The van der Waals surface area contributed by atoms with Gasteiger partial charge in [-0.05, 0) is 42.3 Å². The number of fused-ring (bicyclic) bond motifs is 1. The van der Waals surface area contributed by atoms with E-state index >= 15 is 0 Å². The Balaban J connectivity index is 1.67. The number of benzene rings is 3. The molecule has 3 aromatic carbocycles. The number of nitrogens with zero attached hydrogens (tertiary/aromatic N) is 2. The molecule has 1 saturated heterocycles. The minimum Gasteiger partial charge on any atom is -0.507 e. The summed E-state index contributed by atoms with van der Waals surface area (Å²) in [5.41, 5.74) is 1.76. The molecule has 1 fully saturated rings. The first kappa shape index (κ1) is 24.0. The molecule has 1 unspecified atom stereocenters. The molecule has 182 valence electrons. The quantitative estimate of drug-likeness (QED) is 0.127. The van der Waals surface area contributed by atoms with E-state index in [0.29, 0.717) is 39.2 Å². The van der Waals surface area contributed by atoms with Crippen LogP contribution in [0, 0.1) is 0 Å². The molecule has 1 aromatic heterocycles. The molecule has 5 rings (SSSR count). The van der Waals surface area contributed by atoms with Crippen LogP contribution in [0.4, 0.5) is 5.13 Å². The molecular formula is C28H23ClN2O4S. The van der Waals surface area contributed by atoms with Gasteiger partial charge in [-0.1, -0.05) is 78.7 Å². The maximum absolute atomic E-state index is 13.4. The zero-order chi connectivity index (χ0) is 25.2. The van der Waals surface area contributed by atoms with Crippen LogP contribution in [0.15, 0.2) is 78.4 Å². The standard InChI is InChI=1S/C28H23ClN2O4S/c1-2-3-14-35-20-11-7-10-18(15-20)24-23(25(32)17-8-5-4-6-9-17)26(33)27(34)31(24)28-30-21-13-12-19(29)16-22(21)36-28/h4-13,15-16,24,32H,2-3,14H2,1H3. The Morgan fingerprint density at radius 3 is 2.67 bits per heavy atom. The van der Waals surface area contributed by atoms with Crippen molar-refractivity contribution in [3.05, 3.63) is 94.5 Å². The molecule has 0 bridgehead atoms. The van der Waals surface area contributed by atoms with Gasteiger partial charge in [0.1, 0.15) is 11.5 Å².